The maximum atomic E-state index is 11.6. The molecule has 0 atom stereocenters. The van der Waals surface area contributed by atoms with Gasteiger partial charge in [-0.15, -0.1) is 0 Å². The lowest BCUT2D eigenvalue weighted by Crippen LogP contribution is -2.27. The third kappa shape index (κ3) is 8.13. The molecule has 6 nitrogen and oxygen atoms in total. The zero-order valence-electron chi connectivity index (χ0n) is 12.3. The summed E-state index contributed by atoms with van der Waals surface area (Å²) in [6.07, 6.45) is 0.783. The number of carbonyl (C=O) groups excluding carboxylic acids is 1. The fourth-order valence-electron chi connectivity index (χ4n) is 1.46. The van der Waals surface area contributed by atoms with Gasteiger partial charge in [-0.25, -0.2) is 4.98 Å². The van der Waals surface area contributed by atoms with Crippen molar-refractivity contribution in [2.45, 2.75) is 24.3 Å². The number of hydrogen-bond acceptors (Lipinski definition) is 6. The zero-order chi connectivity index (χ0) is 15.5. The normalized spacial score (nSPS) is 10.6. The molecule has 1 rings (SSSR count). The molecule has 0 bridgehead atoms. The lowest BCUT2D eigenvalue weighted by Gasteiger charge is -2.05. The van der Waals surface area contributed by atoms with Gasteiger partial charge in [0.15, 0.2) is 5.16 Å². The molecule has 0 aliphatic carbocycles. The number of nitrogens with zero attached hydrogens (tertiary/aromatic N) is 1. The number of H-pyrrole nitrogens is 1. The molecule has 0 saturated carbocycles. The summed E-state index contributed by atoms with van der Waals surface area (Å²) in [5, 5.41) is 3.27. The number of aromatic nitrogens is 2. The molecule has 0 saturated heterocycles. The van der Waals surface area contributed by atoms with Crippen LogP contribution < -0.4 is 10.9 Å². The number of aromatic amines is 1. The van der Waals surface area contributed by atoms with E-state index >= 15 is 0 Å². The minimum absolute atomic E-state index is 0.0768. The van der Waals surface area contributed by atoms with E-state index in [2.05, 4.69) is 22.2 Å². The highest BCUT2D eigenvalue weighted by molar-refractivity contribution is 7.99. The molecular weight excluding hydrogens is 310 g/mol. The molecular formula is C13H21N3O3S2. The first-order chi connectivity index (χ1) is 10.2. The number of carbonyl (C=O) groups is 1. The van der Waals surface area contributed by atoms with Gasteiger partial charge in [0.1, 0.15) is 0 Å². The summed E-state index contributed by atoms with van der Waals surface area (Å²) in [4.78, 5) is 30.1. The summed E-state index contributed by atoms with van der Waals surface area (Å²) in [7, 11) is 1.63. The van der Waals surface area contributed by atoms with Crippen LogP contribution in [-0.2, 0) is 15.3 Å². The van der Waals surface area contributed by atoms with Gasteiger partial charge in [0, 0.05) is 32.1 Å². The van der Waals surface area contributed by atoms with Gasteiger partial charge in [0.25, 0.3) is 5.56 Å². The predicted molar refractivity (Wildman–Crippen MR) is 86.9 cm³/mol. The quantitative estimate of drug-likeness (QED) is 0.382. The van der Waals surface area contributed by atoms with Crippen LogP contribution in [-0.4, -0.2) is 47.6 Å². The first-order valence-electron chi connectivity index (χ1n) is 6.72. The van der Waals surface area contributed by atoms with Gasteiger partial charge < -0.3 is 15.0 Å². The Morgan fingerprint density at radius 2 is 2.33 bits per heavy atom. The Hall–Kier alpha value is -0.990. The molecule has 1 heterocycles. The van der Waals surface area contributed by atoms with Gasteiger partial charge >= 0.3 is 0 Å². The second kappa shape index (κ2) is 10.7. The van der Waals surface area contributed by atoms with Gasteiger partial charge in [0.05, 0.1) is 11.4 Å². The number of amides is 1. The number of nitrogens with one attached hydrogen (secondary N) is 2. The number of thioether (sulfide) groups is 2. The number of rotatable bonds is 10. The van der Waals surface area contributed by atoms with E-state index in [1.807, 2.05) is 0 Å². The standard InChI is InChI=1S/C13H21N3O3S2/c1-3-20-8-10-7-11(17)16-13(15-10)21-9-12(18)14-5-4-6-19-2/h7H,3-6,8-9H2,1-2H3,(H,14,18)(H,15,16,17). The molecule has 8 heteroatoms. The fourth-order valence-corrected chi connectivity index (χ4v) is 2.75. The topological polar surface area (TPSA) is 84.1 Å². The Labute approximate surface area is 132 Å². The van der Waals surface area contributed by atoms with E-state index in [1.165, 1.54) is 17.8 Å². The Morgan fingerprint density at radius 3 is 3.05 bits per heavy atom. The van der Waals surface area contributed by atoms with Crippen LogP contribution in [0.5, 0.6) is 0 Å². The minimum Gasteiger partial charge on any atom is -0.385 e. The molecule has 0 radical (unpaired) electrons. The van der Waals surface area contributed by atoms with Crippen molar-refractivity contribution in [2.75, 3.05) is 31.8 Å². The molecule has 0 aliphatic heterocycles. The zero-order valence-corrected chi connectivity index (χ0v) is 13.9. The van der Waals surface area contributed by atoms with E-state index < -0.39 is 0 Å². The first kappa shape index (κ1) is 18.1. The third-order valence-corrected chi connectivity index (χ3v) is 4.20. The Balaban J connectivity index is 2.41. The molecule has 1 amide bonds. The van der Waals surface area contributed by atoms with Crippen LogP contribution >= 0.6 is 23.5 Å². The van der Waals surface area contributed by atoms with Crippen molar-refractivity contribution in [3.8, 4) is 0 Å². The van der Waals surface area contributed by atoms with Gasteiger partial charge in [-0.05, 0) is 12.2 Å². The number of ether oxygens (including phenoxy) is 1. The number of methoxy groups -OCH3 is 1. The molecule has 0 unspecified atom stereocenters. The summed E-state index contributed by atoms with van der Waals surface area (Å²) >= 11 is 2.94. The highest BCUT2D eigenvalue weighted by Crippen LogP contribution is 2.13. The average molecular weight is 331 g/mol. The van der Waals surface area contributed by atoms with Crippen molar-refractivity contribution >= 4 is 29.4 Å². The molecule has 1 aromatic rings. The van der Waals surface area contributed by atoms with Crippen molar-refractivity contribution in [3.05, 3.63) is 22.1 Å². The summed E-state index contributed by atoms with van der Waals surface area (Å²) in [6, 6.07) is 1.50. The third-order valence-electron chi connectivity index (χ3n) is 2.41. The molecule has 0 aliphatic rings. The van der Waals surface area contributed by atoms with Crippen LogP contribution in [0.2, 0.25) is 0 Å². The largest absolute Gasteiger partial charge is 0.385 e. The van der Waals surface area contributed by atoms with Crippen LogP contribution in [0.4, 0.5) is 0 Å². The Bertz CT molecular complexity index is 494. The maximum absolute atomic E-state index is 11.6. The first-order valence-corrected chi connectivity index (χ1v) is 8.86. The summed E-state index contributed by atoms with van der Waals surface area (Å²) in [5.41, 5.74) is 0.563. The van der Waals surface area contributed by atoms with Crippen molar-refractivity contribution < 1.29 is 9.53 Å². The van der Waals surface area contributed by atoms with Crippen LogP contribution in [0.25, 0.3) is 0 Å². The fraction of sp³-hybridized carbons (Fsp3) is 0.615. The van der Waals surface area contributed by atoms with Crippen molar-refractivity contribution in [1.82, 2.24) is 15.3 Å². The van der Waals surface area contributed by atoms with E-state index in [-0.39, 0.29) is 17.2 Å². The molecule has 0 spiro atoms. The van der Waals surface area contributed by atoms with Crippen LogP contribution in [0.3, 0.4) is 0 Å². The van der Waals surface area contributed by atoms with Gasteiger partial charge in [-0.1, -0.05) is 18.7 Å². The van der Waals surface area contributed by atoms with Gasteiger partial charge in [-0.2, -0.15) is 11.8 Å². The molecule has 0 aromatic carbocycles. The van der Waals surface area contributed by atoms with E-state index in [9.17, 15) is 9.59 Å². The molecule has 21 heavy (non-hydrogen) atoms. The molecule has 118 valence electrons. The molecule has 0 fully saturated rings. The van der Waals surface area contributed by atoms with Gasteiger partial charge in [0.2, 0.25) is 5.91 Å². The van der Waals surface area contributed by atoms with E-state index in [0.717, 1.165) is 17.9 Å². The lowest BCUT2D eigenvalue weighted by molar-refractivity contribution is -0.118. The second-order valence-corrected chi connectivity index (χ2v) is 6.40. The monoisotopic (exact) mass is 331 g/mol. The lowest BCUT2D eigenvalue weighted by atomic mass is 10.4. The van der Waals surface area contributed by atoms with Crippen LogP contribution in [0.1, 0.15) is 19.0 Å². The van der Waals surface area contributed by atoms with Gasteiger partial charge in [-0.3, -0.25) is 9.59 Å². The Kier molecular flexibility index (Phi) is 9.20. The maximum Gasteiger partial charge on any atom is 0.251 e. The second-order valence-electron chi connectivity index (χ2n) is 4.16. The highest BCUT2D eigenvalue weighted by atomic mass is 32.2. The number of hydrogen-bond donors (Lipinski definition) is 2. The minimum atomic E-state index is -0.181. The smallest absolute Gasteiger partial charge is 0.251 e. The summed E-state index contributed by atoms with van der Waals surface area (Å²) in [6.45, 7) is 3.27. The van der Waals surface area contributed by atoms with Crippen LogP contribution in [0.15, 0.2) is 16.0 Å². The SMILES string of the molecule is CCSCc1cc(=O)[nH]c(SCC(=O)NCCCOC)n1. The van der Waals surface area contributed by atoms with Crippen molar-refractivity contribution in [3.63, 3.8) is 0 Å². The summed E-state index contributed by atoms with van der Waals surface area (Å²) < 4.78 is 4.90. The summed E-state index contributed by atoms with van der Waals surface area (Å²) in [5.74, 6) is 1.84. The van der Waals surface area contributed by atoms with Crippen molar-refractivity contribution in [1.29, 1.82) is 0 Å². The Morgan fingerprint density at radius 1 is 1.52 bits per heavy atom. The average Bonchev–Trinajstić information content (AvgIpc) is 2.47. The predicted octanol–water partition coefficient (Wildman–Crippen LogP) is 1.27. The molecule has 1 aromatic heterocycles. The molecule has 2 N–H and O–H groups in total. The van der Waals surface area contributed by atoms with E-state index in [0.29, 0.717) is 24.1 Å². The van der Waals surface area contributed by atoms with Crippen LogP contribution in [0, 0.1) is 0 Å². The van der Waals surface area contributed by atoms with Crippen molar-refractivity contribution in [2.24, 2.45) is 0 Å². The van der Waals surface area contributed by atoms with E-state index in [1.54, 1.807) is 18.9 Å². The highest BCUT2D eigenvalue weighted by Gasteiger charge is 2.06. The van der Waals surface area contributed by atoms with E-state index in [4.69, 9.17) is 4.74 Å².